The molecule has 0 amide bonds. The van der Waals surface area contributed by atoms with Crippen LogP contribution >= 0.6 is 0 Å². The molecule has 4 saturated carbocycles. The molecule has 1 heteroatoms. The van der Waals surface area contributed by atoms with E-state index >= 15 is 0 Å². The summed E-state index contributed by atoms with van der Waals surface area (Å²) in [5, 5.41) is 3.89. The number of hydrogen-bond acceptors (Lipinski definition) is 1. The molecule has 4 fully saturated rings. The van der Waals surface area contributed by atoms with Gasteiger partial charge < -0.3 is 5.32 Å². The first-order valence-electron chi connectivity index (χ1n) is 7.87. The van der Waals surface area contributed by atoms with Crippen molar-refractivity contribution in [3.63, 3.8) is 0 Å². The van der Waals surface area contributed by atoms with Crippen LogP contribution in [-0.2, 0) is 0 Å². The minimum atomic E-state index is 0.679. The topological polar surface area (TPSA) is 12.0 Å². The molecule has 0 spiro atoms. The second-order valence-electron chi connectivity index (χ2n) is 7.48. The summed E-state index contributed by atoms with van der Waals surface area (Å²) in [6, 6.07) is 1.43. The minimum absolute atomic E-state index is 0.679. The maximum absolute atomic E-state index is 3.89. The summed E-state index contributed by atoms with van der Waals surface area (Å²) in [7, 11) is 0. The van der Waals surface area contributed by atoms with Gasteiger partial charge in [0.05, 0.1) is 0 Å². The Morgan fingerprint density at radius 1 is 1.00 bits per heavy atom. The van der Waals surface area contributed by atoms with Gasteiger partial charge in [-0.15, -0.1) is 0 Å². The normalized spacial score (nSPS) is 47.1. The van der Waals surface area contributed by atoms with E-state index in [-0.39, 0.29) is 0 Å². The van der Waals surface area contributed by atoms with Gasteiger partial charge in [0, 0.05) is 12.1 Å². The summed E-state index contributed by atoms with van der Waals surface area (Å²) in [6.07, 6.45) is 10.5. The van der Waals surface area contributed by atoms with Gasteiger partial charge in [0.25, 0.3) is 0 Å². The first kappa shape index (κ1) is 12.0. The Bertz CT molecular complexity index is 248. The molecule has 98 valence electrons. The molecular weight excluding hydrogens is 206 g/mol. The van der Waals surface area contributed by atoms with Crippen LogP contribution in [0.5, 0.6) is 0 Å². The van der Waals surface area contributed by atoms with Crippen molar-refractivity contribution in [1.29, 1.82) is 0 Å². The molecule has 4 aliphatic rings. The van der Waals surface area contributed by atoms with Gasteiger partial charge in [-0.25, -0.2) is 0 Å². The zero-order chi connectivity index (χ0) is 12.0. The van der Waals surface area contributed by atoms with Crippen molar-refractivity contribution in [2.45, 2.75) is 77.8 Å². The van der Waals surface area contributed by atoms with Crippen molar-refractivity contribution in [1.82, 2.24) is 5.32 Å². The van der Waals surface area contributed by atoms with Gasteiger partial charge >= 0.3 is 0 Å². The highest BCUT2D eigenvalue weighted by Gasteiger charge is 2.53. The van der Waals surface area contributed by atoms with Crippen molar-refractivity contribution < 1.29 is 0 Å². The van der Waals surface area contributed by atoms with E-state index in [1.165, 1.54) is 25.7 Å². The van der Waals surface area contributed by atoms with Crippen LogP contribution in [0, 0.1) is 23.2 Å². The van der Waals surface area contributed by atoms with Crippen LogP contribution in [0.1, 0.15) is 65.7 Å². The first-order valence-corrected chi connectivity index (χ1v) is 7.87. The second kappa shape index (κ2) is 4.26. The Kier molecular flexibility index (Phi) is 3.01. The largest absolute Gasteiger partial charge is 0.311 e. The van der Waals surface area contributed by atoms with Gasteiger partial charge in [0.2, 0.25) is 0 Å². The lowest BCUT2D eigenvalue weighted by Gasteiger charge is -2.59. The summed E-state index contributed by atoms with van der Waals surface area (Å²) < 4.78 is 0. The lowest BCUT2D eigenvalue weighted by molar-refractivity contribution is -0.0719. The Hall–Kier alpha value is -0.0400. The van der Waals surface area contributed by atoms with E-state index in [1.807, 2.05) is 0 Å². The van der Waals surface area contributed by atoms with E-state index in [4.69, 9.17) is 0 Å². The van der Waals surface area contributed by atoms with Crippen LogP contribution < -0.4 is 5.32 Å². The van der Waals surface area contributed by atoms with Crippen molar-refractivity contribution in [3.05, 3.63) is 0 Å². The van der Waals surface area contributed by atoms with Crippen LogP contribution in [0.3, 0.4) is 0 Å². The zero-order valence-electron chi connectivity index (χ0n) is 11.8. The van der Waals surface area contributed by atoms with Gasteiger partial charge in [-0.2, -0.15) is 0 Å². The number of hydrogen-bond donors (Lipinski definition) is 1. The number of nitrogens with one attached hydrogen (secondary N) is 1. The highest BCUT2D eigenvalue weighted by Crippen LogP contribution is 2.61. The van der Waals surface area contributed by atoms with Crippen molar-refractivity contribution in [2.24, 2.45) is 23.2 Å². The van der Waals surface area contributed by atoms with Crippen molar-refractivity contribution >= 4 is 0 Å². The molecule has 0 aromatic heterocycles. The van der Waals surface area contributed by atoms with Crippen molar-refractivity contribution in [2.75, 3.05) is 0 Å². The maximum Gasteiger partial charge on any atom is 0.00979 e. The van der Waals surface area contributed by atoms with Crippen LogP contribution in [-0.4, -0.2) is 12.1 Å². The molecule has 4 aliphatic carbocycles. The van der Waals surface area contributed by atoms with Gasteiger partial charge in [0.15, 0.2) is 0 Å². The van der Waals surface area contributed by atoms with Crippen LogP contribution in [0.15, 0.2) is 0 Å². The fourth-order valence-corrected chi connectivity index (χ4v) is 5.43. The summed E-state index contributed by atoms with van der Waals surface area (Å²) in [4.78, 5) is 0. The Morgan fingerprint density at radius 2 is 1.47 bits per heavy atom. The quantitative estimate of drug-likeness (QED) is 0.777. The first-order chi connectivity index (χ1) is 8.11. The summed E-state index contributed by atoms with van der Waals surface area (Å²) in [5.41, 5.74) is 0.679. The SMILES string of the molecule is CCC(C)NC(C)C12CC3CC(CC(C3)C1)C2. The van der Waals surface area contributed by atoms with E-state index < -0.39 is 0 Å². The van der Waals surface area contributed by atoms with E-state index in [2.05, 4.69) is 26.1 Å². The monoisotopic (exact) mass is 235 g/mol. The third-order valence-corrected chi connectivity index (χ3v) is 6.15. The summed E-state index contributed by atoms with van der Waals surface area (Å²) >= 11 is 0. The highest BCUT2D eigenvalue weighted by molar-refractivity contribution is 5.05. The molecule has 0 heterocycles. The number of rotatable bonds is 4. The zero-order valence-corrected chi connectivity index (χ0v) is 11.8. The Labute approximate surface area is 107 Å². The van der Waals surface area contributed by atoms with Crippen LogP contribution in [0.25, 0.3) is 0 Å². The molecule has 0 aliphatic heterocycles. The van der Waals surface area contributed by atoms with Gasteiger partial charge in [-0.1, -0.05) is 6.92 Å². The highest BCUT2D eigenvalue weighted by atomic mass is 15.0. The molecule has 0 aromatic carbocycles. The van der Waals surface area contributed by atoms with Crippen LogP contribution in [0.4, 0.5) is 0 Å². The van der Waals surface area contributed by atoms with Crippen LogP contribution in [0.2, 0.25) is 0 Å². The lowest BCUT2D eigenvalue weighted by atomic mass is 9.48. The summed E-state index contributed by atoms with van der Waals surface area (Å²) in [6.45, 7) is 7.11. The third-order valence-electron chi connectivity index (χ3n) is 6.15. The minimum Gasteiger partial charge on any atom is -0.311 e. The molecule has 2 unspecified atom stereocenters. The van der Waals surface area contributed by atoms with Gasteiger partial charge in [-0.05, 0) is 82.0 Å². The van der Waals surface area contributed by atoms with E-state index in [1.54, 1.807) is 19.3 Å². The fourth-order valence-electron chi connectivity index (χ4n) is 5.43. The molecule has 1 N–H and O–H groups in total. The van der Waals surface area contributed by atoms with Gasteiger partial charge in [-0.3, -0.25) is 0 Å². The van der Waals surface area contributed by atoms with E-state index in [0.29, 0.717) is 11.5 Å². The summed E-state index contributed by atoms with van der Waals surface area (Å²) in [5.74, 6) is 3.26. The molecule has 0 radical (unpaired) electrons. The standard InChI is InChI=1S/C16H29N/c1-4-11(2)17-12(3)16-8-13-5-14(9-16)7-15(6-13)10-16/h11-15,17H,4-10H2,1-3H3. The molecule has 0 saturated heterocycles. The van der Waals surface area contributed by atoms with E-state index in [9.17, 15) is 0 Å². The second-order valence-corrected chi connectivity index (χ2v) is 7.48. The average Bonchev–Trinajstić information content (AvgIpc) is 2.26. The predicted molar refractivity (Wildman–Crippen MR) is 73.0 cm³/mol. The smallest absolute Gasteiger partial charge is 0.00979 e. The molecule has 0 aromatic rings. The fraction of sp³-hybridized carbons (Fsp3) is 1.00. The molecule has 4 rings (SSSR count). The predicted octanol–water partition coefficient (Wildman–Crippen LogP) is 3.98. The molecule has 17 heavy (non-hydrogen) atoms. The Morgan fingerprint density at radius 3 is 1.88 bits per heavy atom. The third kappa shape index (κ3) is 2.05. The van der Waals surface area contributed by atoms with Crippen molar-refractivity contribution in [3.8, 4) is 0 Å². The Balaban J connectivity index is 1.73. The van der Waals surface area contributed by atoms with Gasteiger partial charge in [0.1, 0.15) is 0 Å². The molecule has 4 bridgehead atoms. The van der Waals surface area contributed by atoms with E-state index in [0.717, 1.165) is 23.8 Å². The molecule has 2 atom stereocenters. The average molecular weight is 235 g/mol. The maximum atomic E-state index is 3.89. The molecular formula is C16H29N. The molecule has 1 nitrogen and oxygen atoms in total. The lowest BCUT2D eigenvalue weighted by Crippen LogP contribution is -2.56.